The van der Waals surface area contributed by atoms with Crippen molar-refractivity contribution in [1.82, 2.24) is 14.5 Å². The molecule has 0 radical (unpaired) electrons. The normalized spacial score (nSPS) is 15.0. The molecule has 0 saturated carbocycles. The van der Waals surface area contributed by atoms with E-state index in [4.69, 9.17) is 9.47 Å². The van der Waals surface area contributed by atoms with Crippen LogP contribution in [0.2, 0.25) is 0 Å². The maximum Gasteiger partial charge on any atom is 0.253 e. The van der Waals surface area contributed by atoms with E-state index in [9.17, 15) is 4.79 Å². The van der Waals surface area contributed by atoms with Crippen LogP contribution in [0, 0.1) is 5.92 Å². The molecule has 29 heavy (non-hydrogen) atoms. The Morgan fingerprint density at radius 3 is 2.48 bits per heavy atom. The summed E-state index contributed by atoms with van der Waals surface area (Å²) in [5, 5.41) is 0. The summed E-state index contributed by atoms with van der Waals surface area (Å²) in [7, 11) is 0. The number of hydrogen-bond acceptors (Lipinski definition) is 4. The predicted octanol–water partition coefficient (Wildman–Crippen LogP) is 4.36. The van der Waals surface area contributed by atoms with Crippen LogP contribution in [0.3, 0.4) is 0 Å². The number of benzene rings is 1. The number of carbonyl (C=O) groups is 1. The monoisotopic (exact) mass is 399 g/mol. The Balaban J connectivity index is 1.61. The number of carbonyl (C=O) groups excluding carboxylic acids is 1. The molecule has 6 heteroatoms. The zero-order valence-electron chi connectivity index (χ0n) is 18.1. The highest BCUT2D eigenvalue weighted by Crippen LogP contribution is 2.30. The van der Waals surface area contributed by atoms with Crippen LogP contribution in [0.15, 0.2) is 30.6 Å². The quantitative estimate of drug-likeness (QED) is 0.662. The standard InChI is InChI=1S/C23H33N3O3/c1-5-28-20-8-7-19(15-21(20)29-6-2)23(27)25-12-9-18(10-13-25)16-26-14-11-24-22(26)17(3)4/h7-8,11,14-15,17-18H,5-6,9-10,12-13,16H2,1-4H3. The predicted molar refractivity (Wildman–Crippen MR) is 114 cm³/mol. The first-order valence-electron chi connectivity index (χ1n) is 10.7. The van der Waals surface area contributed by atoms with Crippen molar-refractivity contribution in [3.63, 3.8) is 0 Å². The van der Waals surface area contributed by atoms with Gasteiger partial charge in [-0.05, 0) is 50.8 Å². The third-order valence-electron chi connectivity index (χ3n) is 5.41. The lowest BCUT2D eigenvalue weighted by molar-refractivity contribution is 0.0682. The van der Waals surface area contributed by atoms with Crippen molar-refractivity contribution in [2.75, 3.05) is 26.3 Å². The molecule has 0 aliphatic carbocycles. The number of imidazole rings is 1. The lowest BCUT2D eigenvalue weighted by atomic mass is 9.96. The molecule has 0 N–H and O–H groups in total. The minimum atomic E-state index is 0.0675. The summed E-state index contributed by atoms with van der Waals surface area (Å²) in [6, 6.07) is 5.48. The van der Waals surface area contributed by atoms with Crippen molar-refractivity contribution < 1.29 is 14.3 Å². The Kier molecular flexibility index (Phi) is 7.18. The third kappa shape index (κ3) is 5.11. The van der Waals surface area contributed by atoms with Crippen LogP contribution in [-0.4, -0.2) is 46.7 Å². The second kappa shape index (κ2) is 9.81. The lowest BCUT2D eigenvalue weighted by Crippen LogP contribution is -2.39. The molecule has 0 spiro atoms. The molecule has 1 amide bonds. The second-order valence-electron chi connectivity index (χ2n) is 7.86. The van der Waals surface area contributed by atoms with Crippen LogP contribution < -0.4 is 9.47 Å². The van der Waals surface area contributed by atoms with E-state index < -0.39 is 0 Å². The van der Waals surface area contributed by atoms with E-state index in [1.54, 1.807) is 0 Å². The first-order valence-corrected chi connectivity index (χ1v) is 10.7. The molecule has 1 aromatic heterocycles. The average Bonchev–Trinajstić information content (AvgIpc) is 3.18. The molecule has 2 heterocycles. The Morgan fingerprint density at radius 1 is 1.14 bits per heavy atom. The minimum absolute atomic E-state index is 0.0675. The van der Waals surface area contributed by atoms with Gasteiger partial charge in [0.2, 0.25) is 0 Å². The van der Waals surface area contributed by atoms with Crippen LogP contribution in [0.25, 0.3) is 0 Å². The van der Waals surface area contributed by atoms with E-state index in [1.807, 2.05) is 43.1 Å². The van der Waals surface area contributed by atoms with Crippen LogP contribution in [0.4, 0.5) is 0 Å². The molecule has 1 aliphatic heterocycles. The summed E-state index contributed by atoms with van der Waals surface area (Å²) < 4.78 is 13.5. The number of aromatic nitrogens is 2. The first kappa shape index (κ1) is 21.2. The minimum Gasteiger partial charge on any atom is -0.490 e. The topological polar surface area (TPSA) is 56.6 Å². The molecule has 0 bridgehead atoms. The summed E-state index contributed by atoms with van der Waals surface area (Å²) in [5.74, 6) is 3.53. The van der Waals surface area contributed by atoms with Gasteiger partial charge < -0.3 is 18.9 Å². The Bertz CT molecular complexity index is 807. The van der Waals surface area contributed by atoms with Crippen molar-refractivity contribution in [2.45, 2.75) is 53.0 Å². The molecule has 0 unspecified atom stereocenters. The van der Waals surface area contributed by atoms with Gasteiger partial charge in [-0.25, -0.2) is 4.98 Å². The number of likely N-dealkylation sites (tertiary alicyclic amines) is 1. The number of nitrogens with zero attached hydrogens (tertiary/aromatic N) is 3. The van der Waals surface area contributed by atoms with E-state index in [-0.39, 0.29) is 5.91 Å². The van der Waals surface area contributed by atoms with Gasteiger partial charge in [0.1, 0.15) is 5.82 Å². The average molecular weight is 400 g/mol. The van der Waals surface area contributed by atoms with Crippen LogP contribution in [0.1, 0.15) is 62.6 Å². The van der Waals surface area contributed by atoms with E-state index in [2.05, 4.69) is 29.6 Å². The fraction of sp³-hybridized carbons (Fsp3) is 0.565. The zero-order valence-corrected chi connectivity index (χ0v) is 18.1. The molecule has 6 nitrogen and oxygen atoms in total. The molecular formula is C23H33N3O3. The van der Waals surface area contributed by atoms with E-state index in [0.29, 0.717) is 42.1 Å². The fourth-order valence-electron chi connectivity index (χ4n) is 3.94. The van der Waals surface area contributed by atoms with Crippen LogP contribution in [-0.2, 0) is 6.54 Å². The van der Waals surface area contributed by atoms with Crippen molar-refractivity contribution in [3.8, 4) is 11.5 Å². The van der Waals surface area contributed by atoms with Crippen molar-refractivity contribution in [1.29, 1.82) is 0 Å². The summed E-state index contributed by atoms with van der Waals surface area (Å²) in [6.07, 6.45) is 5.98. The highest BCUT2D eigenvalue weighted by Gasteiger charge is 2.25. The van der Waals surface area contributed by atoms with Crippen molar-refractivity contribution >= 4 is 5.91 Å². The molecular weight excluding hydrogens is 366 g/mol. The largest absolute Gasteiger partial charge is 0.490 e. The lowest BCUT2D eigenvalue weighted by Gasteiger charge is -2.32. The van der Waals surface area contributed by atoms with Gasteiger partial charge in [0.15, 0.2) is 11.5 Å². The maximum atomic E-state index is 13.0. The zero-order chi connectivity index (χ0) is 20.8. The Labute approximate surface area is 173 Å². The van der Waals surface area contributed by atoms with E-state index >= 15 is 0 Å². The molecule has 0 atom stereocenters. The van der Waals surface area contributed by atoms with Gasteiger partial charge >= 0.3 is 0 Å². The van der Waals surface area contributed by atoms with Gasteiger partial charge in [-0.1, -0.05) is 13.8 Å². The highest BCUT2D eigenvalue weighted by molar-refractivity contribution is 5.95. The summed E-state index contributed by atoms with van der Waals surface area (Å²) >= 11 is 0. The number of amides is 1. The summed E-state index contributed by atoms with van der Waals surface area (Å²) in [4.78, 5) is 19.4. The molecule has 158 valence electrons. The van der Waals surface area contributed by atoms with Crippen LogP contribution >= 0.6 is 0 Å². The number of ether oxygens (including phenoxy) is 2. The number of hydrogen-bond donors (Lipinski definition) is 0. The second-order valence-corrected chi connectivity index (χ2v) is 7.86. The molecule has 1 fully saturated rings. The Morgan fingerprint density at radius 2 is 1.83 bits per heavy atom. The fourth-order valence-corrected chi connectivity index (χ4v) is 3.94. The smallest absolute Gasteiger partial charge is 0.253 e. The van der Waals surface area contributed by atoms with Crippen molar-refractivity contribution in [2.24, 2.45) is 5.92 Å². The Hall–Kier alpha value is -2.50. The van der Waals surface area contributed by atoms with E-state index in [0.717, 1.165) is 38.3 Å². The van der Waals surface area contributed by atoms with Crippen LogP contribution in [0.5, 0.6) is 11.5 Å². The van der Waals surface area contributed by atoms with Gasteiger partial charge in [-0.2, -0.15) is 0 Å². The van der Waals surface area contributed by atoms with Gasteiger partial charge in [-0.15, -0.1) is 0 Å². The van der Waals surface area contributed by atoms with Crippen molar-refractivity contribution in [3.05, 3.63) is 42.0 Å². The SMILES string of the molecule is CCOc1ccc(C(=O)N2CCC(Cn3ccnc3C(C)C)CC2)cc1OCC. The van der Waals surface area contributed by atoms with Gasteiger partial charge in [-0.3, -0.25) is 4.79 Å². The molecule has 1 saturated heterocycles. The first-order chi connectivity index (χ1) is 14.0. The van der Waals surface area contributed by atoms with E-state index in [1.165, 1.54) is 0 Å². The third-order valence-corrected chi connectivity index (χ3v) is 5.41. The molecule has 2 aromatic rings. The van der Waals surface area contributed by atoms with Gasteiger partial charge in [0, 0.05) is 43.5 Å². The van der Waals surface area contributed by atoms with Gasteiger partial charge in [0.05, 0.1) is 13.2 Å². The number of rotatable bonds is 8. The highest BCUT2D eigenvalue weighted by atomic mass is 16.5. The molecule has 3 rings (SSSR count). The molecule has 1 aromatic carbocycles. The van der Waals surface area contributed by atoms with Gasteiger partial charge in [0.25, 0.3) is 5.91 Å². The summed E-state index contributed by atoms with van der Waals surface area (Å²) in [5.41, 5.74) is 0.659. The molecule has 1 aliphatic rings. The summed E-state index contributed by atoms with van der Waals surface area (Å²) in [6.45, 7) is 11.9. The number of piperidine rings is 1. The maximum absolute atomic E-state index is 13.0.